The molecule has 1 saturated carbocycles. The van der Waals surface area contributed by atoms with Crippen molar-refractivity contribution in [1.29, 1.82) is 0 Å². The summed E-state index contributed by atoms with van der Waals surface area (Å²) in [5.74, 6) is 2.84. The predicted molar refractivity (Wildman–Crippen MR) is 72.7 cm³/mol. The third-order valence-electron chi connectivity index (χ3n) is 3.33. The lowest BCUT2D eigenvalue weighted by Gasteiger charge is -2.19. The normalized spacial score (nSPS) is 15.7. The summed E-state index contributed by atoms with van der Waals surface area (Å²) < 4.78 is 28.1. The Hall–Kier alpha value is -1.52. The maximum absolute atomic E-state index is 12.6. The number of nitrogens with two attached hydrogens (primary N) is 1. The summed E-state index contributed by atoms with van der Waals surface area (Å²) in [6, 6.07) is 0. The fraction of sp³-hybridized carbons (Fsp3) is 0.583. The van der Waals surface area contributed by atoms with E-state index in [2.05, 4.69) is 11.0 Å². The van der Waals surface area contributed by atoms with Crippen LogP contribution in [0.25, 0.3) is 0 Å². The van der Waals surface area contributed by atoms with Gasteiger partial charge in [-0.1, -0.05) is 5.92 Å². The van der Waals surface area contributed by atoms with Crippen molar-refractivity contribution < 1.29 is 8.42 Å². The molecule has 0 spiro atoms. The van der Waals surface area contributed by atoms with Gasteiger partial charge in [0.05, 0.1) is 12.2 Å². The van der Waals surface area contributed by atoms with Crippen molar-refractivity contribution in [2.24, 2.45) is 13.0 Å². The number of nitrogens with zero attached hydrogens (tertiary/aromatic N) is 3. The van der Waals surface area contributed by atoms with E-state index in [9.17, 15) is 8.42 Å². The average Bonchev–Trinajstić information content (AvgIpc) is 3.07. The van der Waals surface area contributed by atoms with Crippen LogP contribution in [0.5, 0.6) is 0 Å². The molecule has 1 aromatic rings. The molecule has 0 aliphatic heterocycles. The van der Waals surface area contributed by atoms with Crippen LogP contribution in [0.2, 0.25) is 0 Å². The Bertz CT molecular complexity index is 623. The van der Waals surface area contributed by atoms with E-state index >= 15 is 0 Å². The van der Waals surface area contributed by atoms with Gasteiger partial charge in [-0.25, -0.2) is 8.42 Å². The zero-order valence-corrected chi connectivity index (χ0v) is 11.9. The minimum atomic E-state index is -3.68. The summed E-state index contributed by atoms with van der Waals surface area (Å²) in [6.07, 6.45) is 7.38. The van der Waals surface area contributed by atoms with Crippen LogP contribution >= 0.6 is 0 Å². The molecule has 104 valence electrons. The van der Waals surface area contributed by atoms with Crippen LogP contribution < -0.4 is 5.73 Å². The van der Waals surface area contributed by atoms with Gasteiger partial charge >= 0.3 is 0 Å². The predicted octanol–water partition coefficient (Wildman–Crippen LogP) is 0.345. The molecule has 0 unspecified atom stereocenters. The largest absolute Gasteiger partial charge is 0.381 e. The summed E-state index contributed by atoms with van der Waals surface area (Å²) in [5, 5.41) is 3.95. The summed E-state index contributed by atoms with van der Waals surface area (Å²) in [4.78, 5) is 0.0749. The molecule has 0 bridgehead atoms. The zero-order valence-electron chi connectivity index (χ0n) is 11.1. The van der Waals surface area contributed by atoms with Gasteiger partial charge in [0, 0.05) is 13.6 Å². The summed E-state index contributed by atoms with van der Waals surface area (Å²) in [6.45, 7) is 2.20. The number of aromatic nitrogens is 2. The molecule has 0 saturated heterocycles. The quantitative estimate of drug-likeness (QED) is 0.790. The van der Waals surface area contributed by atoms with Gasteiger partial charge in [0.15, 0.2) is 5.82 Å². The number of nitrogen functional groups attached to an aromatic ring is 1. The average molecular weight is 282 g/mol. The molecule has 1 heterocycles. The highest BCUT2D eigenvalue weighted by Crippen LogP contribution is 2.33. The van der Waals surface area contributed by atoms with Crippen molar-refractivity contribution in [2.45, 2.75) is 24.7 Å². The van der Waals surface area contributed by atoms with Crippen LogP contribution in [-0.2, 0) is 17.1 Å². The second-order valence-electron chi connectivity index (χ2n) is 4.87. The van der Waals surface area contributed by atoms with Crippen molar-refractivity contribution in [3.8, 4) is 12.3 Å². The van der Waals surface area contributed by atoms with E-state index in [1.165, 1.54) is 8.99 Å². The number of hydrogen-bond acceptors (Lipinski definition) is 4. The first-order valence-electron chi connectivity index (χ1n) is 6.10. The first-order chi connectivity index (χ1) is 8.87. The molecule has 0 aromatic carbocycles. The molecule has 1 fully saturated rings. The lowest BCUT2D eigenvalue weighted by Crippen LogP contribution is -2.34. The van der Waals surface area contributed by atoms with E-state index in [1.54, 1.807) is 14.0 Å². The molecule has 1 aliphatic rings. The Morgan fingerprint density at radius 3 is 2.63 bits per heavy atom. The Morgan fingerprint density at radius 2 is 2.21 bits per heavy atom. The lowest BCUT2D eigenvalue weighted by molar-refractivity contribution is 0.430. The van der Waals surface area contributed by atoms with E-state index in [4.69, 9.17) is 12.2 Å². The van der Waals surface area contributed by atoms with Gasteiger partial charge in [0.1, 0.15) is 4.90 Å². The second kappa shape index (κ2) is 4.87. The SMILES string of the molecule is C#CCN(CC1CC1)S(=O)(=O)c1c(N)nn(C)c1C. The smallest absolute Gasteiger partial charge is 0.249 e. The van der Waals surface area contributed by atoms with E-state index < -0.39 is 10.0 Å². The standard InChI is InChI=1S/C12H18N4O2S/c1-4-7-16(8-10-5-6-10)19(17,18)11-9(2)15(3)14-12(11)13/h1,10H,5-8H2,2-3H3,(H2,13,14). The maximum atomic E-state index is 12.6. The monoisotopic (exact) mass is 282 g/mol. The van der Waals surface area contributed by atoms with E-state index in [1.807, 2.05) is 0 Å². The number of aryl methyl sites for hydroxylation is 1. The van der Waals surface area contributed by atoms with Crippen LogP contribution in [0.3, 0.4) is 0 Å². The molecule has 2 rings (SSSR count). The Kier molecular flexibility index (Phi) is 3.56. The summed E-state index contributed by atoms with van der Waals surface area (Å²) in [5.41, 5.74) is 6.24. The molecular weight excluding hydrogens is 264 g/mol. The molecule has 6 nitrogen and oxygen atoms in total. The van der Waals surface area contributed by atoms with Gasteiger partial charge in [0.25, 0.3) is 0 Å². The van der Waals surface area contributed by atoms with Crippen molar-refractivity contribution in [2.75, 3.05) is 18.8 Å². The van der Waals surface area contributed by atoms with Gasteiger partial charge < -0.3 is 5.73 Å². The fourth-order valence-corrected chi connectivity index (χ4v) is 3.72. The van der Waals surface area contributed by atoms with Crippen molar-refractivity contribution >= 4 is 15.8 Å². The molecule has 7 heteroatoms. The van der Waals surface area contributed by atoms with Crippen LogP contribution in [0.1, 0.15) is 18.5 Å². The Morgan fingerprint density at radius 1 is 1.58 bits per heavy atom. The fourth-order valence-electron chi connectivity index (χ4n) is 2.00. The topological polar surface area (TPSA) is 81.2 Å². The highest BCUT2D eigenvalue weighted by atomic mass is 32.2. The van der Waals surface area contributed by atoms with Crippen molar-refractivity contribution in [3.63, 3.8) is 0 Å². The molecule has 0 amide bonds. The minimum absolute atomic E-state index is 0.0258. The molecule has 1 aromatic heterocycles. The lowest BCUT2D eigenvalue weighted by atomic mass is 10.4. The highest BCUT2D eigenvalue weighted by molar-refractivity contribution is 7.89. The molecule has 0 radical (unpaired) electrons. The van der Waals surface area contributed by atoms with Crippen LogP contribution in [0, 0.1) is 25.2 Å². The van der Waals surface area contributed by atoms with Crippen LogP contribution in [0.4, 0.5) is 5.82 Å². The number of hydrogen-bond donors (Lipinski definition) is 1. The van der Waals surface area contributed by atoms with Crippen molar-refractivity contribution in [1.82, 2.24) is 14.1 Å². The third-order valence-corrected chi connectivity index (χ3v) is 5.31. The van der Waals surface area contributed by atoms with E-state index in [0.29, 0.717) is 18.2 Å². The number of sulfonamides is 1. The van der Waals surface area contributed by atoms with Crippen LogP contribution in [-0.4, -0.2) is 35.6 Å². The maximum Gasteiger partial charge on any atom is 0.249 e. The third kappa shape index (κ3) is 2.60. The Labute approximate surface area is 113 Å². The van der Waals surface area contributed by atoms with E-state index in [-0.39, 0.29) is 17.3 Å². The molecule has 19 heavy (non-hydrogen) atoms. The zero-order chi connectivity index (χ0) is 14.2. The van der Waals surface area contributed by atoms with Gasteiger partial charge in [-0.05, 0) is 25.7 Å². The summed E-state index contributed by atoms with van der Waals surface area (Å²) >= 11 is 0. The van der Waals surface area contributed by atoms with Gasteiger partial charge in [0.2, 0.25) is 10.0 Å². The number of anilines is 1. The number of terminal acetylenes is 1. The summed E-state index contributed by atoms with van der Waals surface area (Å²) in [7, 11) is -2.01. The second-order valence-corrected chi connectivity index (χ2v) is 6.74. The Balaban J connectivity index is 2.40. The van der Waals surface area contributed by atoms with E-state index in [0.717, 1.165) is 12.8 Å². The highest BCUT2D eigenvalue weighted by Gasteiger charge is 2.34. The molecular formula is C12H18N4O2S. The molecule has 2 N–H and O–H groups in total. The van der Waals surface area contributed by atoms with Crippen molar-refractivity contribution in [3.05, 3.63) is 5.69 Å². The first-order valence-corrected chi connectivity index (χ1v) is 7.54. The number of rotatable bonds is 5. The first kappa shape index (κ1) is 13.9. The molecule has 1 aliphatic carbocycles. The van der Waals surface area contributed by atoms with Gasteiger partial charge in [-0.2, -0.15) is 9.40 Å². The minimum Gasteiger partial charge on any atom is -0.381 e. The van der Waals surface area contributed by atoms with Crippen LogP contribution in [0.15, 0.2) is 4.90 Å². The molecule has 0 atom stereocenters. The van der Waals surface area contributed by atoms with Gasteiger partial charge in [-0.3, -0.25) is 4.68 Å². The van der Waals surface area contributed by atoms with Gasteiger partial charge in [-0.15, -0.1) is 6.42 Å².